The van der Waals surface area contributed by atoms with Gasteiger partial charge in [0.25, 0.3) is 0 Å². The normalized spacial score (nSPS) is 16.9. The van der Waals surface area contributed by atoms with Crippen LogP contribution in [0.1, 0.15) is 50.2 Å². The first-order chi connectivity index (χ1) is 14.2. The van der Waals surface area contributed by atoms with E-state index in [4.69, 9.17) is 0 Å². The molecule has 6 heteroatoms. The van der Waals surface area contributed by atoms with Gasteiger partial charge >= 0.3 is 0 Å². The average Bonchev–Trinajstić information content (AvgIpc) is 2.74. The molecule has 6 nitrogen and oxygen atoms in total. The van der Waals surface area contributed by atoms with E-state index in [9.17, 15) is 9.59 Å². The van der Waals surface area contributed by atoms with Crippen molar-refractivity contribution in [3.63, 3.8) is 0 Å². The lowest BCUT2D eigenvalue weighted by molar-refractivity contribution is -0.128. The van der Waals surface area contributed by atoms with Gasteiger partial charge in [0, 0.05) is 37.6 Å². The molecule has 2 aromatic rings. The van der Waals surface area contributed by atoms with E-state index in [2.05, 4.69) is 26.6 Å². The number of pyridine rings is 1. The summed E-state index contributed by atoms with van der Waals surface area (Å²) in [5.41, 5.74) is 2.93. The molecule has 0 radical (unpaired) electrons. The van der Waals surface area contributed by atoms with Crippen LogP contribution >= 0.6 is 0 Å². The Labute approximate surface area is 172 Å². The second-order valence-electron chi connectivity index (χ2n) is 7.56. The minimum absolute atomic E-state index is 0.0274. The molecule has 0 bridgehead atoms. The number of likely N-dealkylation sites (tertiary alicyclic amines) is 1. The van der Waals surface area contributed by atoms with Crippen LogP contribution in [0.3, 0.4) is 0 Å². The molecule has 2 amide bonds. The van der Waals surface area contributed by atoms with Crippen molar-refractivity contribution in [3.05, 3.63) is 59.9 Å². The molecule has 0 spiro atoms. The molecule has 2 heterocycles. The molecular formula is C23H30N4O2. The molecule has 1 atom stereocenters. The molecule has 2 N–H and O–H groups in total. The second kappa shape index (κ2) is 10.7. The van der Waals surface area contributed by atoms with Gasteiger partial charge in [0.05, 0.1) is 6.04 Å². The van der Waals surface area contributed by atoms with Crippen LogP contribution in [0.25, 0.3) is 0 Å². The fraction of sp³-hybridized carbons (Fsp3) is 0.435. The predicted molar refractivity (Wildman–Crippen MR) is 114 cm³/mol. The Balaban J connectivity index is 1.52. The first-order valence-corrected chi connectivity index (χ1v) is 10.4. The second-order valence-corrected chi connectivity index (χ2v) is 7.56. The third-order valence-electron chi connectivity index (χ3n) is 5.21. The van der Waals surface area contributed by atoms with Crippen LogP contribution in [0, 0.1) is 0 Å². The molecule has 0 aliphatic carbocycles. The van der Waals surface area contributed by atoms with Crippen molar-refractivity contribution in [2.45, 2.75) is 58.2 Å². The van der Waals surface area contributed by atoms with Gasteiger partial charge in [-0.15, -0.1) is 0 Å². The summed E-state index contributed by atoms with van der Waals surface area (Å²) in [5.74, 6) is 0.105. The van der Waals surface area contributed by atoms with Crippen molar-refractivity contribution < 1.29 is 9.59 Å². The molecule has 1 unspecified atom stereocenters. The number of hydrogen-bond donors (Lipinski definition) is 2. The van der Waals surface area contributed by atoms with Crippen molar-refractivity contribution in [1.29, 1.82) is 0 Å². The van der Waals surface area contributed by atoms with Gasteiger partial charge < -0.3 is 10.6 Å². The van der Waals surface area contributed by atoms with Gasteiger partial charge in [-0.25, -0.2) is 0 Å². The maximum Gasteiger partial charge on any atom is 0.237 e. The van der Waals surface area contributed by atoms with Crippen LogP contribution in [0.4, 0.5) is 5.69 Å². The fourth-order valence-electron chi connectivity index (χ4n) is 3.67. The summed E-state index contributed by atoms with van der Waals surface area (Å²) in [5, 5.41) is 5.96. The smallest absolute Gasteiger partial charge is 0.237 e. The molecule has 1 aliphatic rings. The Bertz CT molecular complexity index is 792. The molecule has 154 valence electrons. The maximum atomic E-state index is 12.8. The number of hydrogen-bond acceptors (Lipinski definition) is 4. The maximum absolute atomic E-state index is 12.8. The largest absolute Gasteiger partial charge is 0.351 e. The van der Waals surface area contributed by atoms with Crippen LogP contribution in [-0.2, 0) is 22.7 Å². The summed E-state index contributed by atoms with van der Waals surface area (Å²) in [6, 6.07) is 11.5. The Kier molecular flexibility index (Phi) is 7.76. The molecular weight excluding hydrogens is 364 g/mol. The molecule has 0 saturated carbocycles. The van der Waals surface area contributed by atoms with Gasteiger partial charge in [-0.1, -0.05) is 31.5 Å². The Morgan fingerprint density at radius 3 is 2.69 bits per heavy atom. The van der Waals surface area contributed by atoms with Gasteiger partial charge in [0.2, 0.25) is 11.8 Å². The average molecular weight is 395 g/mol. The SMILES string of the molecule is CCCC(=O)Nc1ccc(CNC(=O)C2CCCCN2Cc2cccnc2)cc1. The van der Waals surface area contributed by atoms with E-state index in [0.717, 1.165) is 55.6 Å². The van der Waals surface area contributed by atoms with Gasteiger partial charge in [-0.2, -0.15) is 0 Å². The van der Waals surface area contributed by atoms with Crippen molar-refractivity contribution >= 4 is 17.5 Å². The molecule has 29 heavy (non-hydrogen) atoms. The summed E-state index contributed by atoms with van der Waals surface area (Å²) in [7, 11) is 0. The first-order valence-electron chi connectivity index (χ1n) is 10.4. The number of aromatic nitrogens is 1. The topological polar surface area (TPSA) is 74.3 Å². The van der Waals surface area contributed by atoms with E-state index in [0.29, 0.717) is 13.0 Å². The van der Waals surface area contributed by atoms with Crippen LogP contribution in [0.15, 0.2) is 48.8 Å². The number of carbonyl (C=O) groups is 2. The monoisotopic (exact) mass is 394 g/mol. The zero-order chi connectivity index (χ0) is 20.5. The Hall–Kier alpha value is -2.73. The van der Waals surface area contributed by atoms with E-state index < -0.39 is 0 Å². The summed E-state index contributed by atoms with van der Waals surface area (Å²) in [6.45, 7) is 4.14. The first kappa shape index (κ1) is 21.0. The number of carbonyl (C=O) groups excluding carboxylic acids is 2. The van der Waals surface area contributed by atoms with E-state index in [-0.39, 0.29) is 17.9 Å². The Morgan fingerprint density at radius 2 is 1.97 bits per heavy atom. The third-order valence-corrected chi connectivity index (χ3v) is 5.21. The molecule has 3 rings (SSSR count). The minimum atomic E-state index is -0.100. The van der Waals surface area contributed by atoms with Gasteiger partial charge in [-0.3, -0.25) is 19.5 Å². The highest BCUT2D eigenvalue weighted by molar-refractivity contribution is 5.90. The van der Waals surface area contributed by atoms with Gasteiger partial charge in [0.1, 0.15) is 0 Å². The van der Waals surface area contributed by atoms with Crippen molar-refractivity contribution in [2.24, 2.45) is 0 Å². The quantitative estimate of drug-likeness (QED) is 0.719. The number of nitrogens with one attached hydrogen (secondary N) is 2. The third kappa shape index (κ3) is 6.39. The van der Waals surface area contributed by atoms with E-state index >= 15 is 0 Å². The fourth-order valence-corrected chi connectivity index (χ4v) is 3.67. The predicted octanol–water partition coefficient (Wildman–Crippen LogP) is 3.49. The minimum Gasteiger partial charge on any atom is -0.351 e. The standard InChI is InChI=1S/C23H30N4O2/c1-2-6-22(28)26-20-11-9-18(10-12-20)16-25-23(29)21-8-3-4-14-27(21)17-19-7-5-13-24-15-19/h5,7,9-13,15,21H,2-4,6,8,14,16-17H2,1H3,(H,25,29)(H,26,28). The van der Waals surface area contributed by atoms with Crippen LogP contribution in [0.2, 0.25) is 0 Å². The molecule has 1 fully saturated rings. The zero-order valence-corrected chi connectivity index (χ0v) is 17.1. The van der Waals surface area contributed by atoms with E-state index in [1.165, 1.54) is 0 Å². The molecule has 1 aliphatic heterocycles. The Morgan fingerprint density at radius 1 is 1.14 bits per heavy atom. The van der Waals surface area contributed by atoms with Crippen LogP contribution in [-0.4, -0.2) is 34.3 Å². The molecule has 1 aromatic carbocycles. The number of amides is 2. The van der Waals surface area contributed by atoms with Gasteiger partial charge in [0.15, 0.2) is 0 Å². The lowest BCUT2D eigenvalue weighted by atomic mass is 10.0. The van der Waals surface area contributed by atoms with E-state index in [1.807, 2.05) is 43.5 Å². The highest BCUT2D eigenvalue weighted by Crippen LogP contribution is 2.20. The highest BCUT2D eigenvalue weighted by Gasteiger charge is 2.28. The summed E-state index contributed by atoms with van der Waals surface area (Å²) in [4.78, 5) is 30.9. The lowest BCUT2D eigenvalue weighted by Crippen LogP contribution is -2.48. The number of benzene rings is 1. The van der Waals surface area contributed by atoms with Crippen LogP contribution < -0.4 is 10.6 Å². The number of rotatable bonds is 8. The summed E-state index contributed by atoms with van der Waals surface area (Å²) in [6.07, 6.45) is 8.07. The summed E-state index contributed by atoms with van der Waals surface area (Å²) >= 11 is 0. The molecule has 1 saturated heterocycles. The van der Waals surface area contributed by atoms with Crippen LogP contribution in [0.5, 0.6) is 0 Å². The zero-order valence-electron chi connectivity index (χ0n) is 17.1. The van der Waals surface area contributed by atoms with Crippen molar-refractivity contribution in [2.75, 3.05) is 11.9 Å². The lowest BCUT2D eigenvalue weighted by Gasteiger charge is -2.34. The van der Waals surface area contributed by atoms with E-state index in [1.54, 1.807) is 6.20 Å². The number of anilines is 1. The van der Waals surface area contributed by atoms with Crippen molar-refractivity contribution in [3.8, 4) is 0 Å². The van der Waals surface area contributed by atoms with Gasteiger partial charge in [-0.05, 0) is 55.1 Å². The highest BCUT2D eigenvalue weighted by atomic mass is 16.2. The van der Waals surface area contributed by atoms with Crippen molar-refractivity contribution in [1.82, 2.24) is 15.2 Å². The summed E-state index contributed by atoms with van der Waals surface area (Å²) < 4.78 is 0. The number of piperidine rings is 1. The number of nitrogens with zero attached hydrogens (tertiary/aromatic N) is 2. The molecule has 1 aromatic heterocycles.